The Hall–Kier alpha value is -3.71. The molecule has 0 spiro atoms. The van der Waals surface area contributed by atoms with Crippen LogP contribution in [-0.4, -0.2) is 32.3 Å². The number of thiocarbonyl (C=S) groups is 1. The molecule has 1 aromatic heterocycles. The quantitative estimate of drug-likeness (QED) is 0.428. The predicted molar refractivity (Wildman–Crippen MR) is 132 cm³/mol. The zero-order valence-corrected chi connectivity index (χ0v) is 18.7. The maximum Gasteiger partial charge on any atom is 0.190 e. The first-order valence-corrected chi connectivity index (χ1v) is 11.2. The van der Waals surface area contributed by atoms with Crippen LogP contribution >= 0.6 is 12.2 Å². The highest BCUT2D eigenvalue weighted by Crippen LogP contribution is 2.35. The summed E-state index contributed by atoms with van der Waals surface area (Å²) in [6.07, 6.45) is 4.87. The van der Waals surface area contributed by atoms with Gasteiger partial charge < -0.3 is 5.32 Å². The zero-order chi connectivity index (χ0) is 22.6. The molecule has 0 radical (unpaired) electrons. The van der Waals surface area contributed by atoms with Crippen LogP contribution in [0.5, 0.6) is 0 Å². The monoisotopic (exact) mass is 455 g/mol. The van der Waals surface area contributed by atoms with Gasteiger partial charge in [-0.15, -0.1) is 0 Å². The van der Waals surface area contributed by atoms with Crippen LogP contribution in [0.1, 0.15) is 29.2 Å². The molecule has 0 bridgehead atoms. The fourth-order valence-corrected chi connectivity index (χ4v) is 4.35. The molecule has 5 nitrogen and oxygen atoms in total. The summed E-state index contributed by atoms with van der Waals surface area (Å²) in [6.45, 7) is 0.697. The molecule has 0 aliphatic carbocycles. The lowest BCUT2D eigenvalue weighted by Crippen LogP contribution is -2.37. The van der Waals surface area contributed by atoms with E-state index in [-0.39, 0.29) is 11.9 Å². The SMILES string of the molecule is Fc1ccc(C2=NN(C(=S)NCCc3ccccc3)[C@@H](c3cccc4nccnc34)C2)cc1. The molecule has 3 aromatic carbocycles. The van der Waals surface area contributed by atoms with Crippen LogP contribution in [0.3, 0.4) is 0 Å². The van der Waals surface area contributed by atoms with Crippen LogP contribution in [-0.2, 0) is 6.42 Å². The van der Waals surface area contributed by atoms with E-state index in [1.165, 1.54) is 17.7 Å². The van der Waals surface area contributed by atoms with E-state index in [1.807, 2.05) is 41.4 Å². The van der Waals surface area contributed by atoms with Crippen molar-refractivity contribution >= 4 is 34.1 Å². The third kappa shape index (κ3) is 4.59. The van der Waals surface area contributed by atoms with Crippen LogP contribution in [0.4, 0.5) is 4.39 Å². The van der Waals surface area contributed by atoms with E-state index >= 15 is 0 Å². The Morgan fingerprint density at radius 1 is 0.970 bits per heavy atom. The molecule has 5 rings (SSSR count). The first kappa shape index (κ1) is 21.2. The molecule has 4 aromatic rings. The number of hydrogen-bond acceptors (Lipinski definition) is 4. The third-order valence-corrected chi connectivity index (χ3v) is 6.05. The molecule has 2 heterocycles. The lowest BCUT2D eigenvalue weighted by molar-refractivity contribution is 0.366. The number of hydrogen-bond donors (Lipinski definition) is 1. The Balaban J connectivity index is 1.43. The van der Waals surface area contributed by atoms with Gasteiger partial charge in [-0.1, -0.05) is 54.6 Å². The Labute approximate surface area is 197 Å². The number of rotatable bonds is 5. The van der Waals surface area contributed by atoms with Crippen molar-refractivity contribution in [1.29, 1.82) is 0 Å². The molecule has 33 heavy (non-hydrogen) atoms. The van der Waals surface area contributed by atoms with Crippen molar-refractivity contribution in [2.75, 3.05) is 6.54 Å². The van der Waals surface area contributed by atoms with Gasteiger partial charge in [0.1, 0.15) is 5.82 Å². The number of para-hydroxylation sites is 1. The molecule has 1 aliphatic rings. The summed E-state index contributed by atoms with van der Waals surface area (Å²) in [7, 11) is 0. The minimum absolute atomic E-state index is 0.137. The van der Waals surface area contributed by atoms with Crippen molar-refractivity contribution in [2.45, 2.75) is 18.9 Å². The van der Waals surface area contributed by atoms with Gasteiger partial charge in [-0.25, -0.2) is 9.40 Å². The third-order valence-electron chi connectivity index (χ3n) is 5.72. The highest BCUT2D eigenvalue weighted by Gasteiger charge is 2.32. The number of nitrogens with zero attached hydrogens (tertiary/aromatic N) is 4. The fourth-order valence-electron chi connectivity index (χ4n) is 4.08. The summed E-state index contributed by atoms with van der Waals surface area (Å²) < 4.78 is 13.5. The number of aromatic nitrogens is 2. The number of hydrazone groups is 1. The predicted octanol–water partition coefficient (Wildman–Crippen LogP) is 5.04. The van der Waals surface area contributed by atoms with Crippen LogP contribution in [0.25, 0.3) is 11.0 Å². The molecular weight excluding hydrogens is 433 g/mol. The van der Waals surface area contributed by atoms with Gasteiger partial charge in [-0.3, -0.25) is 9.97 Å². The van der Waals surface area contributed by atoms with Crippen LogP contribution in [0.2, 0.25) is 0 Å². The van der Waals surface area contributed by atoms with E-state index in [0.29, 0.717) is 18.1 Å². The van der Waals surface area contributed by atoms with Crippen LogP contribution < -0.4 is 5.32 Å². The van der Waals surface area contributed by atoms with Gasteiger partial charge in [0, 0.05) is 30.9 Å². The number of halogens is 1. The van der Waals surface area contributed by atoms with Gasteiger partial charge in [0.2, 0.25) is 0 Å². The van der Waals surface area contributed by atoms with Crippen molar-refractivity contribution in [3.05, 3.63) is 108 Å². The smallest absolute Gasteiger partial charge is 0.190 e. The number of benzene rings is 3. The van der Waals surface area contributed by atoms with E-state index in [0.717, 1.165) is 34.3 Å². The van der Waals surface area contributed by atoms with Gasteiger partial charge in [-0.05, 0) is 48.0 Å². The fraction of sp³-hybridized carbons (Fsp3) is 0.154. The Bertz CT molecular complexity index is 1300. The lowest BCUT2D eigenvalue weighted by Gasteiger charge is -2.25. The second-order valence-corrected chi connectivity index (χ2v) is 8.24. The van der Waals surface area contributed by atoms with Crippen molar-refractivity contribution in [2.24, 2.45) is 5.10 Å². The molecule has 164 valence electrons. The first-order chi connectivity index (χ1) is 16.2. The highest BCUT2D eigenvalue weighted by atomic mass is 32.1. The van der Waals surface area contributed by atoms with E-state index < -0.39 is 0 Å². The normalized spacial score (nSPS) is 15.5. The maximum absolute atomic E-state index is 13.5. The van der Waals surface area contributed by atoms with E-state index in [4.69, 9.17) is 17.3 Å². The minimum Gasteiger partial charge on any atom is -0.361 e. The molecule has 0 saturated heterocycles. The molecule has 1 aliphatic heterocycles. The Morgan fingerprint density at radius 3 is 2.58 bits per heavy atom. The Morgan fingerprint density at radius 2 is 1.76 bits per heavy atom. The van der Waals surface area contributed by atoms with Gasteiger partial charge >= 0.3 is 0 Å². The van der Waals surface area contributed by atoms with Crippen molar-refractivity contribution in [3.63, 3.8) is 0 Å². The van der Waals surface area contributed by atoms with E-state index in [2.05, 4.69) is 27.4 Å². The molecule has 7 heteroatoms. The highest BCUT2D eigenvalue weighted by molar-refractivity contribution is 7.80. The minimum atomic E-state index is -0.270. The average molecular weight is 456 g/mol. The largest absolute Gasteiger partial charge is 0.361 e. The summed E-state index contributed by atoms with van der Waals surface area (Å²) in [4.78, 5) is 9.02. The molecule has 1 N–H and O–H groups in total. The van der Waals surface area contributed by atoms with E-state index in [1.54, 1.807) is 24.5 Å². The van der Waals surface area contributed by atoms with Crippen molar-refractivity contribution in [3.8, 4) is 0 Å². The summed E-state index contributed by atoms with van der Waals surface area (Å²) in [5, 5.41) is 10.6. The summed E-state index contributed by atoms with van der Waals surface area (Å²) in [5.41, 5.74) is 5.64. The molecule has 0 saturated carbocycles. The second-order valence-electron chi connectivity index (χ2n) is 7.86. The molecule has 0 fully saturated rings. The van der Waals surface area contributed by atoms with Crippen LogP contribution in [0.15, 0.2) is 90.3 Å². The number of fused-ring (bicyclic) bond motifs is 1. The maximum atomic E-state index is 13.5. The van der Waals surface area contributed by atoms with Crippen molar-refractivity contribution < 1.29 is 4.39 Å². The number of nitrogens with one attached hydrogen (secondary N) is 1. The zero-order valence-electron chi connectivity index (χ0n) is 17.9. The molecule has 1 atom stereocenters. The standard InChI is InChI=1S/C26H22FN5S/c27-20-11-9-19(10-12-20)23-17-24(21-7-4-8-22-25(21)29-16-15-28-22)32(31-23)26(33)30-14-13-18-5-2-1-3-6-18/h1-12,15-16,24H,13-14,17H2,(H,30,33)/t24-/m1/s1. The molecular formula is C26H22FN5S. The molecule has 0 unspecified atom stereocenters. The van der Waals surface area contributed by atoms with Gasteiger partial charge in [0.05, 0.1) is 22.8 Å². The first-order valence-electron chi connectivity index (χ1n) is 10.8. The lowest BCUT2D eigenvalue weighted by atomic mass is 9.97. The summed E-state index contributed by atoms with van der Waals surface area (Å²) in [6, 6.07) is 22.5. The molecule has 0 amide bonds. The van der Waals surface area contributed by atoms with Crippen LogP contribution in [0, 0.1) is 5.82 Å². The van der Waals surface area contributed by atoms with Gasteiger partial charge in [-0.2, -0.15) is 5.10 Å². The van der Waals surface area contributed by atoms with Crippen molar-refractivity contribution in [1.82, 2.24) is 20.3 Å². The van der Waals surface area contributed by atoms with E-state index in [9.17, 15) is 4.39 Å². The second kappa shape index (κ2) is 9.42. The van der Waals surface area contributed by atoms with Gasteiger partial charge in [0.15, 0.2) is 5.11 Å². The Kier molecular flexibility index (Phi) is 6.04. The summed E-state index contributed by atoms with van der Waals surface area (Å²) in [5.74, 6) is -0.270. The summed E-state index contributed by atoms with van der Waals surface area (Å²) >= 11 is 5.76. The van der Waals surface area contributed by atoms with Gasteiger partial charge in [0.25, 0.3) is 0 Å². The average Bonchev–Trinajstić information content (AvgIpc) is 3.30. The topological polar surface area (TPSA) is 53.4 Å².